The average molecular weight is 1620 g/mol. The maximum Gasteiger partial charge on any atom is 0.171 e. The smallest absolute Gasteiger partial charge is 0.171 e. The van der Waals surface area contributed by atoms with E-state index < -0.39 is 0 Å². The number of aryl methyl sites for hydroxylation is 9. The Labute approximate surface area is 671 Å². The molecule has 0 saturated carbocycles. The lowest BCUT2D eigenvalue weighted by Crippen LogP contribution is -1.93. The molecule has 0 amide bonds. The molecule has 534 valence electrons. The van der Waals surface area contributed by atoms with Crippen molar-refractivity contribution in [3.63, 3.8) is 0 Å². The van der Waals surface area contributed by atoms with Crippen LogP contribution in [0.15, 0.2) is 200 Å². The Morgan fingerprint density at radius 3 is 1.11 bits per heavy atom. The fourth-order valence-electron chi connectivity index (χ4n) is 17.4. The summed E-state index contributed by atoms with van der Waals surface area (Å²) in [6, 6.07) is 67.0. The van der Waals surface area contributed by atoms with Crippen LogP contribution in [-0.2, 0) is 6.42 Å². The summed E-state index contributed by atoms with van der Waals surface area (Å²) in [6.07, 6.45) is 0.970. The van der Waals surface area contributed by atoms with E-state index in [2.05, 4.69) is 258 Å². The van der Waals surface area contributed by atoms with Gasteiger partial charge in [-0.25, -0.2) is 0 Å². The number of thiophene rings is 10. The van der Waals surface area contributed by atoms with Gasteiger partial charge in [-0.3, -0.25) is 0 Å². The predicted molar refractivity (Wildman–Crippen MR) is 489 cm³/mol. The summed E-state index contributed by atoms with van der Waals surface area (Å²) >= 11 is 18.9. The van der Waals surface area contributed by atoms with Gasteiger partial charge in [0.1, 0.15) is 32.3 Å². The lowest BCUT2D eigenvalue weighted by Gasteiger charge is -2.08. The van der Waals surface area contributed by atoms with Crippen LogP contribution in [-0.4, -0.2) is 13.7 Å². The molecule has 17 heteroatoms. The second-order valence-corrected chi connectivity index (χ2v) is 40.7. The molecule has 111 heavy (non-hydrogen) atoms. The van der Waals surface area contributed by atoms with Gasteiger partial charge in [0.25, 0.3) is 0 Å². The van der Waals surface area contributed by atoms with Gasteiger partial charge in [0.2, 0.25) is 0 Å². The molecule has 0 unspecified atom stereocenters. The van der Waals surface area contributed by atoms with Gasteiger partial charge in [-0.15, -0.1) is 113 Å². The fourth-order valence-corrected chi connectivity index (χ4v) is 31.3. The van der Waals surface area contributed by atoms with Crippen molar-refractivity contribution in [2.75, 3.05) is 0 Å². The number of nitrogens with zero attached hydrogens (tertiary/aromatic N) is 3. The van der Waals surface area contributed by atoms with Crippen LogP contribution in [0.3, 0.4) is 0 Å². The first-order chi connectivity index (χ1) is 54.1. The summed E-state index contributed by atoms with van der Waals surface area (Å²) in [6.45, 7) is 19.4. The van der Waals surface area contributed by atoms with Crippen LogP contribution < -0.4 is 0 Å². The van der Waals surface area contributed by atoms with Crippen LogP contribution in [0, 0.1) is 62.3 Å². The van der Waals surface area contributed by atoms with E-state index in [1.807, 2.05) is 102 Å². The van der Waals surface area contributed by atoms with Gasteiger partial charge in [-0.1, -0.05) is 120 Å². The number of furan rings is 4. The molecular formula is C94H59N3O4S10. The number of hydrogen-bond acceptors (Lipinski definition) is 14. The van der Waals surface area contributed by atoms with Crippen molar-refractivity contribution in [2.24, 2.45) is 0 Å². The third kappa shape index (κ3) is 9.01. The van der Waals surface area contributed by atoms with E-state index in [0.29, 0.717) is 0 Å². The monoisotopic (exact) mass is 1610 g/mol. The SMILES string of the molecule is Cc1ccc(-n2c3c4ccc(C)cc4oc3c3sc4c(oc5c6sc7cc(C)ccc7c6sc54)c32)cc1.Cc1ccc(-n2c3cc(C)ccc3c3sc4c(oc5c4sc4c5sc5c6ccc(C)cc6sc54)c32)cc1.Cc1ccc(-n2c3cc(C)ccc3c3sc4c(oc5c6c(sc54)-c4sc5cc(C)ccc5c4C6)c32)cc1. The highest BCUT2D eigenvalue weighted by Gasteiger charge is 2.35. The fraction of sp³-hybridized carbons (Fsp3) is 0.106. The average Bonchev–Trinajstić information content (AvgIpc) is 1.53. The molecule has 1 aliphatic carbocycles. The van der Waals surface area contributed by atoms with Crippen LogP contribution in [0.25, 0.3) is 221 Å². The number of benzene rings is 9. The molecule has 0 radical (unpaired) electrons. The predicted octanol–water partition coefficient (Wildman–Crippen LogP) is 32.7. The second-order valence-electron chi connectivity index (χ2n) is 30.4. The Bertz CT molecular complexity index is 8590. The van der Waals surface area contributed by atoms with Crippen LogP contribution >= 0.6 is 113 Å². The summed E-state index contributed by atoms with van der Waals surface area (Å²) in [5.41, 5.74) is 33.0. The van der Waals surface area contributed by atoms with Crippen LogP contribution in [0.2, 0.25) is 0 Å². The van der Waals surface area contributed by atoms with Gasteiger partial charge < -0.3 is 31.4 Å². The molecule has 17 aromatic heterocycles. The van der Waals surface area contributed by atoms with Gasteiger partial charge in [0, 0.05) is 75.0 Å². The minimum Gasteiger partial charge on any atom is -0.453 e. The van der Waals surface area contributed by atoms with Crippen molar-refractivity contribution in [1.82, 2.24) is 13.7 Å². The first-order valence-corrected chi connectivity index (χ1v) is 45.2. The maximum absolute atomic E-state index is 6.87. The van der Waals surface area contributed by atoms with E-state index in [1.165, 1.54) is 211 Å². The molecule has 7 nitrogen and oxygen atoms in total. The molecule has 27 rings (SSSR count). The lowest BCUT2D eigenvalue weighted by atomic mass is 10.1. The van der Waals surface area contributed by atoms with E-state index >= 15 is 0 Å². The zero-order chi connectivity index (χ0) is 73.7. The van der Waals surface area contributed by atoms with E-state index in [-0.39, 0.29) is 0 Å². The van der Waals surface area contributed by atoms with Crippen molar-refractivity contribution in [3.05, 3.63) is 243 Å². The van der Waals surface area contributed by atoms with Crippen molar-refractivity contribution in [3.8, 4) is 26.8 Å². The quantitative estimate of drug-likeness (QED) is 0.177. The maximum atomic E-state index is 6.87. The number of rotatable bonds is 3. The molecule has 0 fully saturated rings. The van der Waals surface area contributed by atoms with E-state index in [4.69, 9.17) is 17.7 Å². The van der Waals surface area contributed by atoms with Crippen molar-refractivity contribution >= 4 is 308 Å². The summed E-state index contributed by atoms with van der Waals surface area (Å²) in [5.74, 6) is 0. The summed E-state index contributed by atoms with van der Waals surface area (Å²) < 4.78 is 57.9. The minimum absolute atomic E-state index is 0.932. The first-order valence-electron chi connectivity index (χ1n) is 37.1. The van der Waals surface area contributed by atoms with E-state index in [0.717, 1.165) is 77.9 Å². The van der Waals surface area contributed by atoms with Gasteiger partial charge >= 0.3 is 0 Å². The molecule has 1 aliphatic rings. The Balaban J connectivity index is 0.0000000947. The minimum atomic E-state index is 0.932. The third-order valence-corrected chi connectivity index (χ3v) is 35.8. The summed E-state index contributed by atoms with van der Waals surface area (Å²) in [7, 11) is 0. The van der Waals surface area contributed by atoms with Gasteiger partial charge in [0.05, 0.1) is 81.7 Å². The zero-order valence-electron chi connectivity index (χ0n) is 61.1. The highest BCUT2D eigenvalue weighted by molar-refractivity contribution is 7.45. The Morgan fingerprint density at radius 2 is 0.568 bits per heavy atom. The lowest BCUT2D eigenvalue weighted by molar-refractivity contribution is 0.668. The Kier molecular flexibility index (Phi) is 13.4. The van der Waals surface area contributed by atoms with Crippen molar-refractivity contribution in [2.45, 2.75) is 68.7 Å². The highest BCUT2D eigenvalue weighted by atomic mass is 32.1. The standard InChI is InChI=1S/C32H21NOS3.C31H19NO2S3.C31H19NOS4/c1-15-4-8-18(9-5-15)33-23-12-16(2)7-11-20(23)28-25(33)27-32(36-28)31-26(34-27)22-14-21-19-10-6-17(3)13-24(19)35-29(21)30(22)37-31;1-14-4-8-17(9-5-14)32-22-18-10-6-15(2)12-20(18)33-24(22)28-23(32)25-29(37-28)31-26(34-25)30-27(36-31)19-11-7-16(3)13-21(19)35-30;1-14-4-8-17(9-5-14)32-20-12-15(2)6-10-18(20)25-22(32)23-27(35-25)28-24(33-23)29-31(37-28)30-26(36-29)19-11-7-16(3)13-21(19)34-30/h4-13H,14H2,1-3H3;2*4-13H,1-3H3. The topological polar surface area (TPSA) is 67.3 Å². The molecule has 0 aliphatic heterocycles. The molecular weight excluding hydrogens is 1560 g/mol. The van der Waals surface area contributed by atoms with Gasteiger partial charge in [0.15, 0.2) is 39.1 Å². The van der Waals surface area contributed by atoms with Crippen molar-refractivity contribution in [1.29, 1.82) is 0 Å². The molecule has 0 bridgehead atoms. The molecule has 0 saturated heterocycles. The van der Waals surface area contributed by atoms with Gasteiger partial charge in [-0.05, 0) is 186 Å². The third-order valence-electron chi connectivity index (χ3n) is 22.7. The Morgan fingerprint density at radius 1 is 0.225 bits per heavy atom. The number of aromatic nitrogens is 3. The summed E-state index contributed by atoms with van der Waals surface area (Å²) in [5, 5.41) is 7.85. The molecule has 9 aromatic carbocycles. The second kappa shape index (κ2) is 23.0. The molecule has 0 N–H and O–H groups in total. The van der Waals surface area contributed by atoms with Gasteiger partial charge in [-0.2, -0.15) is 0 Å². The normalized spacial score (nSPS) is 12.9. The highest BCUT2D eigenvalue weighted by Crippen LogP contribution is 2.60. The zero-order valence-corrected chi connectivity index (χ0v) is 69.2. The van der Waals surface area contributed by atoms with Crippen LogP contribution in [0.1, 0.15) is 61.2 Å². The van der Waals surface area contributed by atoms with Crippen molar-refractivity contribution < 1.29 is 17.7 Å². The Hall–Kier alpha value is -10.1. The number of hydrogen-bond donors (Lipinski definition) is 0. The first kappa shape index (κ1) is 64.5. The largest absolute Gasteiger partial charge is 0.453 e. The molecule has 17 heterocycles. The molecule has 0 spiro atoms. The molecule has 26 aromatic rings. The van der Waals surface area contributed by atoms with Crippen LogP contribution in [0.4, 0.5) is 0 Å². The van der Waals surface area contributed by atoms with E-state index in [9.17, 15) is 0 Å². The van der Waals surface area contributed by atoms with E-state index in [1.54, 1.807) is 11.3 Å². The summed E-state index contributed by atoms with van der Waals surface area (Å²) in [4.78, 5) is 2.87. The van der Waals surface area contributed by atoms with Crippen LogP contribution in [0.5, 0.6) is 0 Å². The number of fused-ring (bicyclic) bond motifs is 39. The molecule has 0 atom stereocenters.